The van der Waals surface area contributed by atoms with Crippen LogP contribution in [0.3, 0.4) is 0 Å². The minimum Gasteiger partial charge on any atom is -0.385 e. The third-order valence-electron chi connectivity index (χ3n) is 10.7. The summed E-state index contributed by atoms with van der Waals surface area (Å²) in [6.45, 7) is 2.81. The van der Waals surface area contributed by atoms with E-state index >= 15 is 4.39 Å². The van der Waals surface area contributed by atoms with E-state index in [1.54, 1.807) is 0 Å². The quantitative estimate of drug-likeness (QED) is 0.205. The summed E-state index contributed by atoms with van der Waals surface area (Å²) in [6.07, 6.45) is 8.83. The molecule has 2 aliphatic carbocycles. The number of aliphatic hydroxyl groups excluding tert-OH is 1. The van der Waals surface area contributed by atoms with Gasteiger partial charge in [0.15, 0.2) is 0 Å². The van der Waals surface area contributed by atoms with Gasteiger partial charge in [0.2, 0.25) is 0 Å². The number of nitrogens with two attached hydrogens (primary N) is 2. The maximum absolute atomic E-state index is 16.2. The van der Waals surface area contributed by atoms with E-state index in [2.05, 4.69) is 25.8 Å². The second-order valence-corrected chi connectivity index (χ2v) is 13.4. The Balaban J connectivity index is 1.41. The van der Waals surface area contributed by atoms with Gasteiger partial charge in [0, 0.05) is 62.6 Å². The highest BCUT2D eigenvalue weighted by Crippen LogP contribution is 2.39. The maximum Gasteiger partial charge on any atom is 0.119 e. The van der Waals surface area contributed by atoms with Gasteiger partial charge in [0.25, 0.3) is 0 Å². The van der Waals surface area contributed by atoms with E-state index in [4.69, 9.17) is 11.5 Å². The maximum atomic E-state index is 16.2. The predicted octanol–water partition coefficient (Wildman–Crippen LogP) is 2.14. The molecule has 3 aliphatic heterocycles. The summed E-state index contributed by atoms with van der Waals surface area (Å²) in [6, 6.07) is 0.167. The van der Waals surface area contributed by atoms with Gasteiger partial charge in [-0.1, -0.05) is 32.1 Å². The fraction of sp³-hybridized carbons (Fsp3) is 0.933. The number of aliphatic hydroxyl groups is 1. The van der Waals surface area contributed by atoms with E-state index in [-0.39, 0.29) is 24.5 Å². The molecule has 40 heavy (non-hydrogen) atoms. The lowest BCUT2D eigenvalue weighted by atomic mass is 9.76. The number of hydrogen-bond acceptors (Lipinski definition) is 8. The van der Waals surface area contributed by atoms with Crippen LogP contribution in [0.2, 0.25) is 0 Å². The van der Waals surface area contributed by atoms with Gasteiger partial charge in [0.1, 0.15) is 18.6 Å². The van der Waals surface area contributed by atoms with Crippen LogP contribution in [0.25, 0.3) is 0 Å². The zero-order valence-electron chi connectivity index (χ0n) is 24.5. The molecule has 0 spiro atoms. The molecule has 0 amide bonds. The fourth-order valence-electron chi connectivity index (χ4n) is 8.52. The molecule has 0 aromatic rings. The van der Waals surface area contributed by atoms with Crippen LogP contribution < -0.4 is 27.4 Å². The largest absolute Gasteiger partial charge is 0.385 e. The van der Waals surface area contributed by atoms with E-state index in [0.29, 0.717) is 31.5 Å². The predicted molar refractivity (Wildman–Crippen MR) is 156 cm³/mol. The van der Waals surface area contributed by atoms with E-state index in [0.717, 1.165) is 63.9 Å². The molecule has 5 rings (SSSR count). The van der Waals surface area contributed by atoms with Gasteiger partial charge in [-0.3, -0.25) is 15.1 Å². The van der Waals surface area contributed by atoms with E-state index in [1.807, 2.05) is 7.05 Å². The Kier molecular flexibility index (Phi) is 10.7. The number of likely N-dealkylation sites (tertiary alicyclic amines) is 1. The molecule has 0 aromatic carbocycles. The molecular formula is C30H55F2N7O. The monoisotopic (exact) mass is 567 g/mol. The highest BCUT2D eigenvalue weighted by atomic mass is 19.1. The molecule has 0 radical (unpaired) electrons. The molecule has 230 valence electrons. The van der Waals surface area contributed by atoms with Crippen LogP contribution in [-0.2, 0) is 0 Å². The average molecular weight is 568 g/mol. The number of hydrogen-bond donors (Lipinski definition) is 6. The lowest BCUT2D eigenvalue weighted by Crippen LogP contribution is -2.66. The Morgan fingerprint density at radius 1 is 0.950 bits per heavy atom. The standard InChI is InChI=1S/C30H55F2N7O/c1-38-18-35-15-25(38)26-23(32)16-39(21-9-4-2-3-5-10-21)17-24(26)37-30(40)27(29(33)34)28-22-11-7-6-8-19(22)12-13-20(31)14-36-28/h19-21,23-27,29-30,35-37,40H,2-18,33-34H2,1H3. The van der Waals surface area contributed by atoms with Gasteiger partial charge >= 0.3 is 0 Å². The zero-order valence-corrected chi connectivity index (χ0v) is 24.5. The van der Waals surface area contributed by atoms with E-state index < -0.39 is 30.7 Å². The van der Waals surface area contributed by atoms with Crippen LogP contribution in [-0.4, -0.2) is 97.7 Å². The summed E-state index contributed by atoms with van der Waals surface area (Å²) in [4.78, 5) is 4.54. The molecule has 8 nitrogen and oxygen atoms in total. The first-order valence-electron chi connectivity index (χ1n) is 16.2. The zero-order chi connectivity index (χ0) is 28.2. The third-order valence-corrected chi connectivity index (χ3v) is 10.7. The van der Waals surface area contributed by atoms with Crippen LogP contribution in [0.4, 0.5) is 8.78 Å². The second-order valence-electron chi connectivity index (χ2n) is 13.4. The van der Waals surface area contributed by atoms with Gasteiger partial charge in [-0.05, 0) is 63.5 Å². The van der Waals surface area contributed by atoms with Crippen molar-refractivity contribution in [2.24, 2.45) is 29.2 Å². The Hall–Kier alpha value is -0.880. The first-order valence-corrected chi connectivity index (χ1v) is 16.2. The number of nitrogens with zero attached hydrogens (tertiary/aromatic N) is 2. The van der Waals surface area contributed by atoms with Crippen molar-refractivity contribution in [2.75, 3.05) is 39.9 Å². The number of piperidine rings is 1. The molecule has 3 heterocycles. The van der Waals surface area contributed by atoms with Gasteiger partial charge in [-0.15, -0.1) is 0 Å². The molecule has 8 atom stereocenters. The minimum absolute atomic E-state index is 0.0394. The smallest absolute Gasteiger partial charge is 0.119 e. The first-order chi connectivity index (χ1) is 19.3. The van der Waals surface area contributed by atoms with Crippen LogP contribution in [0.15, 0.2) is 11.3 Å². The average Bonchev–Trinajstić information content (AvgIpc) is 3.16. The van der Waals surface area contributed by atoms with Crippen molar-refractivity contribution in [1.29, 1.82) is 0 Å². The Morgan fingerprint density at radius 2 is 1.70 bits per heavy atom. The van der Waals surface area contributed by atoms with Crippen LogP contribution in [0.5, 0.6) is 0 Å². The van der Waals surface area contributed by atoms with E-state index in [9.17, 15) is 9.50 Å². The second kappa shape index (κ2) is 14.1. The summed E-state index contributed by atoms with van der Waals surface area (Å²) in [7, 11) is 2.04. The molecule has 10 heteroatoms. The summed E-state index contributed by atoms with van der Waals surface area (Å²) in [5, 5.41) is 22.1. The van der Waals surface area contributed by atoms with Gasteiger partial charge < -0.3 is 27.2 Å². The van der Waals surface area contributed by atoms with Crippen LogP contribution >= 0.6 is 0 Å². The molecule has 8 N–H and O–H groups in total. The Labute approximate surface area is 240 Å². The number of halogens is 2. The molecule has 4 fully saturated rings. The van der Waals surface area contributed by atoms with Crippen molar-refractivity contribution < 1.29 is 13.9 Å². The minimum atomic E-state index is -1.07. The third kappa shape index (κ3) is 7.01. The Morgan fingerprint density at radius 3 is 2.40 bits per heavy atom. The summed E-state index contributed by atoms with van der Waals surface area (Å²) in [5.41, 5.74) is 14.9. The number of alkyl halides is 2. The van der Waals surface area contributed by atoms with Crippen molar-refractivity contribution in [3.05, 3.63) is 11.3 Å². The normalized spacial score (nSPS) is 37.4. The van der Waals surface area contributed by atoms with Crippen molar-refractivity contribution in [2.45, 2.75) is 120 Å². The highest BCUT2D eigenvalue weighted by Gasteiger charge is 2.47. The van der Waals surface area contributed by atoms with Gasteiger partial charge in [-0.2, -0.15) is 0 Å². The van der Waals surface area contributed by atoms with E-state index in [1.165, 1.54) is 31.3 Å². The number of allylic oxidation sites excluding steroid dienone is 1. The molecular weight excluding hydrogens is 512 g/mol. The molecule has 5 aliphatic rings. The molecule has 2 saturated heterocycles. The lowest BCUT2D eigenvalue weighted by molar-refractivity contribution is -0.0302. The fourth-order valence-corrected chi connectivity index (χ4v) is 8.52. The summed E-state index contributed by atoms with van der Waals surface area (Å²) < 4.78 is 30.9. The molecule has 2 saturated carbocycles. The molecule has 8 unspecified atom stereocenters. The molecule has 0 bridgehead atoms. The van der Waals surface area contributed by atoms with Crippen molar-refractivity contribution >= 4 is 0 Å². The first kappa shape index (κ1) is 30.6. The summed E-state index contributed by atoms with van der Waals surface area (Å²) >= 11 is 0. The molecule has 0 aromatic heterocycles. The van der Waals surface area contributed by atoms with Gasteiger partial charge in [0.05, 0.1) is 12.1 Å². The number of nitrogens with one attached hydrogen (secondary N) is 3. The van der Waals surface area contributed by atoms with Crippen molar-refractivity contribution in [3.8, 4) is 0 Å². The SMILES string of the molecule is CN1CNCC1C1C(F)CN(C2CCCCCC2)CC1NC(O)C(C1=C2CCCCC2CCC(F)CN1)C(N)N. The number of likely N-dealkylation sites (N-methyl/N-ethyl adjacent to an activating group) is 1. The lowest BCUT2D eigenvalue weighted by Gasteiger charge is -2.48. The topological polar surface area (TPSA) is 115 Å². The van der Waals surface area contributed by atoms with Crippen molar-refractivity contribution in [3.63, 3.8) is 0 Å². The van der Waals surface area contributed by atoms with Crippen LogP contribution in [0.1, 0.15) is 77.0 Å². The number of fused-ring (bicyclic) bond motifs is 1. The highest BCUT2D eigenvalue weighted by molar-refractivity contribution is 5.23. The van der Waals surface area contributed by atoms with Crippen molar-refractivity contribution in [1.82, 2.24) is 25.8 Å². The van der Waals surface area contributed by atoms with Gasteiger partial charge in [-0.25, -0.2) is 8.78 Å². The Bertz CT molecular complexity index is 839. The summed E-state index contributed by atoms with van der Waals surface area (Å²) in [5.74, 6) is -0.593. The van der Waals surface area contributed by atoms with Crippen LogP contribution in [0, 0.1) is 17.8 Å². The number of rotatable bonds is 7.